The first-order valence-electron chi connectivity index (χ1n) is 37.7. The number of hydrogen-bond acceptors (Lipinski definition) is 2. The van der Waals surface area contributed by atoms with Crippen LogP contribution in [-0.2, 0) is 0 Å². The van der Waals surface area contributed by atoms with Gasteiger partial charge in [0.2, 0.25) is 0 Å². The Morgan fingerprint density at radius 2 is 0.473 bits per heavy atom. The van der Waals surface area contributed by atoms with Crippen LogP contribution in [0.3, 0.4) is 0 Å². The number of hydrogen-bond donors (Lipinski definition) is 0. The maximum Gasteiger partial charge on any atom is 0.0541 e. The van der Waals surface area contributed by atoms with Crippen molar-refractivity contribution in [3.05, 3.63) is 388 Å². The Morgan fingerprint density at radius 1 is 0.164 bits per heavy atom. The lowest BCUT2D eigenvalue weighted by Crippen LogP contribution is -1.95. The van der Waals surface area contributed by atoms with Crippen molar-refractivity contribution in [2.24, 2.45) is 0 Å². The van der Waals surface area contributed by atoms with Crippen molar-refractivity contribution in [3.63, 3.8) is 0 Å². The molecule has 6 heterocycles. The maximum atomic E-state index is 2.44. The first-order valence-corrected chi connectivity index (χ1v) is 39.3. The van der Waals surface area contributed by atoms with Crippen LogP contribution in [0.4, 0.5) is 0 Å². The SMILES string of the molecule is c1ccc(-n2c3ccc(-c4ccc5c(c4)c4ccccc4n5-c4cccc5ccccc45)cc3c3cc(-c4cccc5c4sc4ccccc45)ccc32)cc1.c1ccc(-n2c3ccc(-c4ccc5c(c4)sc4ccccc45)cc3c3cc(-c4ccc5c(c4)c4ccccc4n5-c4cccc5ccccc45)ccc32)cc1. The topological polar surface area (TPSA) is 19.7 Å². The first kappa shape index (κ1) is 62.3. The zero-order chi connectivity index (χ0) is 72.1. The molecule has 0 aliphatic carbocycles. The van der Waals surface area contributed by atoms with Gasteiger partial charge in [0.1, 0.15) is 0 Å². The van der Waals surface area contributed by atoms with E-state index in [1.165, 1.54) is 205 Å². The molecule has 512 valence electrons. The van der Waals surface area contributed by atoms with Crippen LogP contribution in [0.1, 0.15) is 0 Å². The van der Waals surface area contributed by atoms with E-state index in [2.05, 4.69) is 407 Å². The molecule has 18 aromatic carbocycles. The lowest BCUT2D eigenvalue weighted by atomic mass is 9.98. The second kappa shape index (κ2) is 24.9. The van der Waals surface area contributed by atoms with Gasteiger partial charge in [-0.15, -0.1) is 22.7 Å². The molecule has 0 amide bonds. The van der Waals surface area contributed by atoms with E-state index in [1.54, 1.807) is 0 Å². The average Bonchev–Trinajstić information content (AvgIpc) is 1.58. The van der Waals surface area contributed by atoms with Gasteiger partial charge in [-0.05, 0) is 195 Å². The minimum absolute atomic E-state index is 1.16. The van der Waals surface area contributed by atoms with Gasteiger partial charge >= 0.3 is 0 Å². The van der Waals surface area contributed by atoms with Crippen molar-refractivity contribution in [3.8, 4) is 67.3 Å². The van der Waals surface area contributed by atoms with Crippen LogP contribution in [0.2, 0.25) is 0 Å². The van der Waals surface area contributed by atoms with Crippen molar-refractivity contribution in [2.45, 2.75) is 0 Å². The molecule has 0 radical (unpaired) electrons. The third-order valence-electron chi connectivity index (χ3n) is 23.0. The van der Waals surface area contributed by atoms with E-state index >= 15 is 0 Å². The fourth-order valence-corrected chi connectivity index (χ4v) is 20.4. The summed E-state index contributed by atoms with van der Waals surface area (Å²) in [6, 6.07) is 143. The highest BCUT2D eigenvalue weighted by molar-refractivity contribution is 7.26. The van der Waals surface area contributed by atoms with Crippen LogP contribution in [0.15, 0.2) is 388 Å². The maximum absolute atomic E-state index is 2.44. The van der Waals surface area contributed by atoms with Crippen molar-refractivity contribution in [1.29, 1.82) is 0 Å². The molecule has 0 aliphatic rings. The normalized spacial score (nSPS) is 12.0. The van der Waals surface area contributed by atoms with Gasteiger partial charge < -0.3 is 18.3 Å². The van der Waals surface area contributed by atoms with E-state index < -0.39 is 0 Å². The first-order chi connectivity index (χ1) is 54.5. The van der Waals surface area contributed by atoms with Crippen molar-refractivity contribution < 1.29 is 0 Å². The molecule has 0 aliphatic heterocycles. The van der Waals surface area contributed by atoms with E-state index in [0.717, 1.165) is 11.4 Å². The van der Waals surface area contributed by atoms with Crippen LogP contribution in [0, 0.1) is 0 Å². The van der Waals surface area contributed by atoms with Gasteiger partial charge in [0.05, 0.1) is 55.5 Å². The van der Waals surface area contributed by atoms with Gasteiger partial charge in [-0.25, -0.2) is 0 Å². The third kappa shape index (κ3) is 9.76. The molecule has 0 unspecified atom stereocenters. The lowest BCUT2D eigenvalue weighted by molar-refractivity contribution is 1.18. The summed E-state index contributed by atoms with van der Waals surface area (Å²) in [5.41, 5.74) is 24.2. The second-order valence-electron chi connectivity index (χ2n) is 29.0. The number of thiophene rings is 2. The highest BCUT2D eigenvalue weighted by atomic mass is 32.1. The standard InChI is InChI=1S/2C52H32N2S/c1-2-14-37(15-3-1)53-48-27-24-35(31-44(48)45-32-36(26-29-49(45)53)39-19-11-20-42-41-18-7-9-23-51(41)55-52(39)42)34-25-28-50-43(30-34)40-17-6-8-21-47(40)54(50)46-22-10-13-33-12-4-5-16-38(33)46;1-2-13-38(14-3-1)53-48-26-22-35(30-44(48)45-31-36(23-27-49(45)53)37-21-25-42-41-17-7-9-20-51(41)55-52(42)32-37)34-24-28-50-43(29-34)40-16-6-8-18-47(40)54(50)46-19-10-12-33-11-4-5-15-39(33)46/h2*1-32H. The summed E-state index contributed by atoms with van der Waals surface area (Å²) in [5, 5.41) is 20.3. The smallest absolute Gasteiger partial charge is 0.0541 e. The highest BCUT2D eigenvalue weighted by Crippen LogP contribution is 2.47. The number of aromatic nitrogens is 4. The number of fused-ring (bicyclic) bond motifs is 20. The van der Waals surface area contributed by atoms with Gasteiger partial charge in [-0.1, -0.05) is 249 Å². The molecule has 0 spiro atoms. The van der Waals surface area contributed by atoms with Crippen LogP contribution in [0.5, 0.6) is 0 Å². The van der Waals surface area contributed by atoms with E-state index in [-0.39, 0.29) is 0 Å². The van der Waals surface area contributed by atoms with Gasteiger partial charge in [0, 0.05) is 106 Å². The minimum Gasteiger partial charge on any atom is -0.309 e. The molecule has 0 saturated carbocycles. The summed E-state index contributed by atoms with van der Waals surface area (Å²) in [5.74, 6) is 0. The molecule has 0 saturated heterocycles. The molecule has 4 nitrogen and oxygen atoms in total. The Morgan fingerprint density at radius 3 is 0.955 bits per heavy atom. The van der Waals surface area contributed by atoms with Crippen molar-refractivity contribution in [1.82, 2.24) is 18.3 Å². The van der Waals surface area contributed by atoms with Gasteiger partial charge in [-0.3, -0.25) is 0 Å². The summed E-state index contributed by atoms with van der Waals surface area (Å²) in [6.07, 6.45) is 0. The predicted molar refractivity (Wildman–Crippen MR) is 473 cm³/mol. The monoisotopic (exact) mass is 1430 g/mol. The summed E-state index contributed by atoms with van der Waals surface area (Å²) in [7, 11) is 0. The average molecular weight is 1430 g/mol. The summed E-state index contributed by atoms with van der Waals surface area (Å²) in [4.78, 5) is 0. The van der Waals surface area contributed by atoms with Crippen LogP contribution >= 0.6 is 22.7 Å². The highest BCUT2D eigenvalue weighted by Gasteiger charge is 2.22. The zero-order valence-electron chi connectivity index (χ0n) is 59.6. The fraction of sp³-hybridized carbons (Fsp3) is 0. The number of nitrogens with zero attached hydrogens (tertiary/aromatic N) is 4. The largest absolute Gasteiger partial charge is 0.309 e. The second-order valence-corrected chi connectivity index (χ2v) is 31.2. The predicted octanol–water partition coefficient (Wildman–Crippen LogP) is 29.5. The number of para-hydroxylation sites is 4. The molecule has 0 bridgehead atoms. The molecule has 24 aromatic rings. The Balaban J connectivity index is 0.000000132. The molecule has 0 N–H and O–H groups in total. The molecule has 110 heavy (non-hydrogen) atoms. The summed E-state index contributed by atoms with van der Waals surface area (Å²) < 4.78 is 15.0. The third-order valence-corrected chi connectivity index (χ3v) is 25.4. The molecule has 24 rings (SSSR count). The summed E-state index contributed by atoms with van der Waals surface area (Å²) in [6.45, 7) is 0. The van der Waals surface area contributed by atoms with Gasteiger partial charge in [-0.2, -0.15) is 0 Å². The number of benzene rings is 18. The van der Waals surface area contributed by atoms with E-state index in [0.29, 0.717) is 0 Å². The van der Waals surface area contributed by atoms with Crippen molar-refractivity contribution >= 4 is 172 Å². The molecular weight excluding hydrogens is 1370 g/mol. The molecule has 0 fully saturated rings. The minimum atomic E-state index is 1.16. The summed E-state index contributed by atoms with van der Waals surface area (Å²) >= 11 is 3.76. The Hall–Kier alpha value is -13.9. The molecule has 6 aromatic heterocycles. The van der Waals surface area contributed by atoms with E-state index in [4.69, 9.17) is 0 Å². The number of rotatable bonds is 8. The Labute approximate surface area is 640 Å². The van der Waals surface area contributed by atoms with Crippen LogP contribution in [0.25, 0.3) is 216 Å². The van der Waals surface area contributed by atoms with E-state index in [9.17, 15) is 0 Å². The van der Waals surface area contributed by atoms with E-state index in [1.807, 2.05) is 22.7 Å². The zero-order valence-corrected chi connectivity index (χ0v) is 61.2. The van der Waals surface area contributed by atoms with Crippen molar-refractivity contribution in [2.75, 3.05) is 0 Å². The molecule has 0 atom stereocenters. The van der Waals surface area contributed by atoms with Crippen LogP contribution < -0.4 is 0 Å². The van der Waals surface area contributed by atoms with Gasteiger partial charge in [0.25, 0.3) is 0 Å². The molecule has 6 heteroatoms. The Bertz CT molecular complexity index is 7900. The Kier molecular flexibility index (Phi) is 14.1. The fourth-order valence-electron chi connectivity index (χ4n) is 18.0. The molecular formula is C104H64N4S2. The van der Waals surface area contributed by atoms with Gasteiger partial charge in [0.15, 0.2) is 0 Å². The lowest BCUT2D eigenvalue weighted by Gasteiger charge is -2.12. The van der Waals surface area contributed by atoms with Crippen LogP contribution in [-0.4, -0.2) is 18.3 Å². The quantitative estimate of drug-likeness (QED) is 0.144.